The van der Waals surface area contributed by atoms with E-state index in [0.29, 0.717) is 22.8 Å². The number of likely N-dealkylation sites (tertiary alicyclic amines) is 1. The molecular formula is C20H24ClNO6. The summed E-state index contributed by atoms with van der Waals surface area (Å²) in [6.45, 7) is 1.35. The van der Waals surface area contributed by atoms with Gasteiger partial charge in [-0.2, -0.15) is 0 Å². The van der Waals surface area contributed by atoms with Crippen molar-refractivity contribution in [1.29, 1.82) is 0 Å². The van der Waals surface area contributed by atoms with Gasteiger partial charge in [0.25, 0.3) is 0 Å². The summed E-state index contributed by atoms with van der Waals surface area (Å²) in [5.74, 6) is -3.30. The van der Waals surface area contributed by atoms with Crippen LogP contribution in [0, 0.1) is 11.8 Å². The molecular weight excluding hydrogens is 386 g/mol. The van der Waals surface area contributed by atoms with Gasteiger partial charge >= 0.3 is 5.97 Å². The summed E-state index contributed by atoms with van der Waals surface area (Å²) in [5, 5.41) is 9.67. The highest BCUT2D eigenvalue weighted by Gasteiger charge is 2.35. The number of carbonyl (C=O) groups is 4. The van der Waals surface area contributed by atoms with Crippen LogP contribution in [0.3, 0.4) is 0 Å². The van der Waals surface area contributed by atoms with Crippen molar-refractivity contribution < 1.29 is 29.0 Å². The number of carboxylic acids is 1. The van der Waals surface area contributed by atoms with E-state index in [-0.39, 0.29) is 38.0 Å². The molecule has 1 aliphatic rings. The topological polar surface area (TPSA) is 101 Å². The van der Waals surface area contributed by atoms with E-state index in [1.165, 1.54) is 7.11 Å². The van der Waals surface area contributed by atoms with Gasteiger partial charge in [-0.3, -0.25) is 24.1 Å². The Hall–Kier alpha value is -2.41. The van der Waals surface area contributed by atoms with Gasteiger partial charge in [0.2, 0.25) is 11.8 Å². The van der Waals surface area contributed by atoms with Gasteiger partial charge in [0, 0.05) is 23.8 Å². The molecule has 1 heterocycles. The first-order valence-electron chi connectivity index (χ1n) is 9.17. The zero-order valence-corrected chi connectivity index (χ0v) is 16.7. The third kappa shape index (κ3) is 5.32. The smallest absolute Gasteiger partial charge is 0.307 e. The number of ketones is 1. The van der Waals surface area contributed by atoms with E-state index in [0.717, 1.165) is 4.90 Å². The van der Waals surface area contributed by atoms with E-state index in [9.17, 15) is 24.3 Å². The van der Waals surface area contributed by atoms with Gasteiger partial charge in [0.05, 0.1) is 19.6 Å². The quantitative estimate of drug-likeness (QED) is 0.743. The summed E-state index contributed by atoms with van der Waals surface area (Å²) >= 11 is 6.05. The number of carboxylic acid groups (broad SMARTS) is 1. The molecule has 0 radical (unpaired) electrons. The largest absolute Gasteiger partial charge is 0.496 e. The Labute approximate surface area is 168 Å². The lowest BCUT2D eigenvalue weighted by atomic mass is 9.93. The standard InChI is InChI=1S/C20H24ClNO6/c1-3-12(20(26)27)10-18(24)22-11-16(23)6-4-13(19(22)25)8-14-9-15(21)5-7-17(14)28-2/h5,7,9,12-13H,3-4,6,8,10-11H2,1-2H3,(H,26,27)/t12-,13?/m0/s1. The van der Waals surface area contributed by atoms with E-state index in [1.807, 2.05) is 0 Å². The predicted molar refractivity (Wildman–Crippen MR) is 102 cm³/mol. The summed E-state index contributed by atoms with van der Waals surface area (Å²) in [4.78, 5) is 49.8. The van der Waals surface area contributed by atoms with Gasteiger partial charge in [-0.15, -0.1) is 0 Å². The first kappa shape index (κ1) is 21.9. The number of halogens is 1. The van der Waals surface area contributed by atoms with Gasteiger partial charge in [-0.05, 0) is 43.0 Å². The third-order valence-corrected chi connectivity index (χ3v) is 5.23. The summed E-state index contributed by atoms with van der Waals surface area (Å²) in [7, 11) is 1.51. The summed E-state index contributed by atoms with van der Waals surface area (Å²) in [5.41, 5.74) is 0.715. The van der Waals surface area contributed by atoms with Crippen molar-refractivity contribution in [3.8, 4) is 5.75 Å². The fraction of sp³-hybridized carbons (Fsp3) is 0.500. The molecule has 0 aromatic heterocycles. The number of hydrogen-bond acceptors (Lipinski definition) is 5. The molecule has 1 aliphatic heterocycles. The van der Waals surface area contributed by atoms with Crippen LogP contribution in [0.4, 0.5) is 0 Å². The van der Waals surface area contributed by atoms with Crippen LogP contribution in [0.5, 0.6) is 5.75 Å². The van der Waals surface area contributed by atoms with E-state index < -0.39 is 29.6 Å². The van der Waals surface area contributed by atoms with E-state index >= 15 is 0 Å². The Bertz CT molecular complexity index is 778. The molecule has 1 aromatic rings. The lowest BCUT2D eigenvalue weighted by Gasteiger charge is -2.24. The Balaban J connectivity index is 2.24. The molecule has 0 bridgehead atoms. The van der Waals surface area contributed by atoms with E-state index in [2.05, 4.69) is 0 Å². The summed E-state index contributed by atoms with van der Waals surface area (Å²) in [6, 6.07) is 5.07. The third-order valence-electron chi connectivity index (χ3n) is 4.99. The second-order valence-electron chi connectivity index (χ2n) is 6.90. The van der Waals surface area contributed by atoms with Crippen molar-refractivity contribution in [3.63, 3.8) is 0 Å². The number of ether oxygens (including phenoxy) is 1. The monoisotopic (exact) mass is 409 g/mol. The maximum atomic E-state index is 13.0. The molecule has 0 saturated carbocycles. The Morgan fingerprint density at radius 1 is 1.36 bits per heavy atom. The van der Waals surface area contributed by atoms with Crippen molar-refractivity contribution in [2.45, 2.75) is 39.0 Å². The molecule has 2 rings (SSSR count). The number of benzene rings is 1. The molecule has 0 aliphatic carbocycles. The molecule has 7 nitrogen and oxygen atoms in total. The summed E-state index contributed by atoms with van der Waals surface area (Å²) < 4.78 is 5.31. The number of carbonyl (C=O) groups excluding carboxylic acids is 3. The number of hydrogen-bond donors (Lipinski definition) is 1. The molecule has 0 spiro atoms. The van der Waals surface area contributed by atoms with Crippen LogP contribution < -0.4 is 4.74 Å². The van der Waals surface area contributed by atoms with Gasteiger partial charge in [0.15, 0.2) is 5.78 Å². The van der Waals surface area contributed by atoms with Crippen molar-refractivity contribution in [2.24, 2.45) is 11.8 Å². The number of methoxy groups -OCH3 is 1. The molecule has 8 heteroatoms. The first-order chi connectivity index (χ1) is 13.3. The zero-order chi connectivity index (χ0) is 20.8. The fourth-order valence-corrected chi connectivity index (χ4v) is 3.51. The second kappa shape index (κ2) is 9.68. The molecule has 1 fully saturated rings. The molecule has 2 atom stereocenters. The first-order valence-corrected chi connectivity index (χ1v) is 9.55. The van der Waals surface area contributed by atoms with Gasteiger partial charge in [0.1, 0.15) is 5.75 Å². The Morgan fingerprint density at radius 2 is 2.07 bits per heavy atom. The van der Waals surface area contributed by atoms with Crippen LogP contribution in [0.2, 0.25) is 5.02 Å². The highest BCUT2D eigenvalue weighted by Crippen LogP contribution is 2.29. The van der Waals surface area contributed by atoms with Crippen molar-refractivity contribution in [1.82, 2.24) is 4.90 Å². The maximum absolute atomic E-state index is 13.0. The van der Waals surface area contributed by atoms with Crippen LogP contribution in [0.1, 0.15) is 38.2 Å². The van der Waals surface area contributed by atoms with Crippen molar-refractivity contribution >= 4 is 35.2 Å². The predicted octanol–water partition coefficient (Wildman–Crippen LogP) is 2.73. The lowest BCUT2D eigenvalue weighted by molar-refractivity contribution is -0.152. The highest BCUT2D eigenvalue weighted by atomic mass is 35.5. The van der Waals surface area contributed by atoms with Gasteiger partial charge in [-0.1, -0.05) is 18.5 Å². The molecule has 1 N–H and O–H groups in total. The maximum Gasteiger partial charge on any atom is 0.307 e. The zero-order valence-electron chi connectivity index (χ0n) is 15.9. The fourth-order valence-electron chi connectivity index (χ4n) is 3.31. The van der Waals surface area contributed by atoms with Crippen LogP contribution in [0.15, 0.2) is 18.2 Å². The average Bonchev–Trinajstić information content (AvgIpc) is 2.79. The number of imide groups is 1. The number of amides is 2. The number of aliphatic carboxylic acids is 1. The number of Topliss-reactive ketones (excluding diaryl/α,β-unsaturated/α-hetero) is 1. The van der Waals surface area contributed by atoms with Gasteiger partial charge in [-0.25, -0.2) is 0 Å². The Kier molecular flexibility index (Phi) is 7.57. The SMILES string of the molecule is CC[C@@H](CC(=O)N1CC(=O)CCC(Cc2cc(Cl)ccc2OC)C1=O)C(=O)O. The highest BCUT2D eigenvalue weighted by molar-refractivity contribution is 6.30. The van der Waals surface area contributed by atoms with Crippen molar-refractivity contribution in [3.05, 3.63) is 28.8 Å². The van der Waals surface area contributed by atoms with E-state index in [4.69, 9.17) is 16.3 Å². The summed E-state index contributed by atoms with van der Waals surface area (Å²) in [6.07, 6.45) is 0.723. The Morgan fingerprint density at radius 3 is 2.68 bits per heavy atom. The lowest BCUT2D eigenvalue weighted by Crippen LogP contribution is -2.43. The van der Waals surface area contributed by atoms with Crippen LogP contribution >= 0.6 is 11.6 Å². The van der Waals surface area contributed by atoms with E-state index in [1.54, 1.807) is 25.1 Å². The normalized spacial score (nSPS) is 18.5. The van der Waals surface area contributed by atoms with Crippen LogP contribution in [-0.4, -0.2) is 47.2 Å². The number of nitrogens with zero attached hydrogens (tertiary/aromatic N) is 1. The average molecular weight is 410 g/mol. The number of rotatable bonds is 7. The minimum atomic E-state index is -1.09. The molecule has 2 amide bonds. The minimum Gasteiger partial charge on any atom is -0.496 e. The molecule has 28 heavy (non-hydrogen) atoms. The molecule has 1 unspecified atom stereocenters. The van der Waals surface area contributed by atoms with Gasteiger partial charge < -0.3 is 9.84 Å². The van der Waals surface area contributed by atoms with Crippen LogP contribution in [0.25, 0.3) is 0 Å². The second-order valence-corrected chi connectivity index (χ2v) is 7.34. The van der Waals surface area contributed by atoms with Crippen LogP contribution in [-0.2, 0) is 25.6 Å². The molecule has 1 saturated heterocycles. The molecule has 1 aromatic carbocycles. The molecule has 152 valence electrons. The van der Waals surface area contributed by atoms with Crippen molar-refractivity contribution in [2.75, 3.05) is 13.7 Å². The minimum absolute atomic E-state index is 0.180.